The lowest BCUT2D eigenvalue weighted by molar-refractivity contribution is 0.206. The van der Waals surface area contributed by atoms with Gasteiger partial charge in [0.15, 0.2) is 0 Å². The second-order valence-electron chi connectivity index (χ2n) is 9.67. The summed E-state index contributed by atoms with van der Waals surface area (Å²) in [6.45, 7) is 3.42. The number of unbranched alkanes of at least 4 members (excludes halogenated alkanes) is 2. The topological polar surface area (TPSA) is 49.2 Å². The van der Waals surface area contributed by atoms with E-state index < -0.39 is 0 Å². The van der Waals surface area contributed by atoms with Crippen LogP contribution in [0.4, 0.5) is 0 Å². The highest BCUT2D eigenvalue weighted by atomic mass is 15.1. The van der Waals surface area contributed by atoms with Crippen LogP contribution in [0.3, 0.4) is 0 Å². The van der Waals surface area contributed by atoms with E-state index in [1.165, 1.54) is 17.6 Å². The van der Waals surface area contributed by atoms with Crippen LogP contribution in [0.15, 0.2) is 79.4 Å². The number of piperidine rings is 1. The Labute approximate surface area is 212 Å². The summed E-state index contributed by atoms with van der Waals surface area (Å²) in [5.74, 6) is 8.23. The van der Waals surface area contributed by atoms with Crippen LogP contribution in [0.25, 0.3) is 27.7 Å². The zero-order chi connectivity index (χ0) is 24.2. The van der Waals surface area contributed by atoms with Gasteiger partial charge >= 0.3 is 0 Å². The molecule has 0 amide bonds. The van der Waals surface area contributed by atoms with E-state index in [9.17, 15) is 0 Å². The van der Waals surface area contributed by atoms with Crippen molar-refractivity contribution >= 4 is 16.4 Å². The molecule has 0 spiro atoms. The summed E-state index contributed by atoms with van der Waals surface area (Å²) in [5.41, 5.74) is 5.48. The maximum Gasteiger partial charge on any atom is 0.117 e. The fraction of sp³-hybridized carbons (Fsp3) is 0.290. The molecule has 1 aliphatic rings. The molecule has 0 bridgehead atoms. The second-order valence-corrected chi connectivity index (χ2v) is 9.67. The van der Waals surface area contributed by atoms with E-state index in [4.69, 9.17) is 4.98 Å². The standard InChI is InChI=1S/C31H31N5/c1(4-8-24-9-5-3-6-10-24)2-7-18-35-19-14-26(15-20-35)31-34-30(29-23-32-17-21-36(29)31)27-12-11-25-13-16-33-28(25)22-27/h3,5-6,9-13,16-17,21-23,26,33H,1-2,7,14-15,18-20H2. The normalized spacial score (nSPS) is 14.8. The Balaban J connectivity index is 1.08. The molecule has 2 aromatic carbocycles. The summed E-state index contributed by atoms with van der Waals surface area (Å²) in [6.07, 6.45) is 13.5. The number of benzene rings is 2. The SMILES string of the molecule is C(#Cc1ccccc1)CCCCN1CCC(c2nc(-c3ccc4cc[nH]c4c3)c3cnccn23)CC1. The molecule has 5 nitrogen and oxygen atoms in total. The molecule has 5 heteroatoms. The number of hydrogen-bond donors (Lipinski definition) is 1. The highest BCUT2D eigenvalue weighted by molar-refractivity contribution is 5.87. The van der Waals surface area contributed by atoms with Crippen LogP contribution in [0.1, 0.15) is 49.4 Å². The Morgan fingerprint density at radius 2 is 1.89 bits per heavy atom. The predicted molar refractivity (Wildman–Crippen MR) is 146 cm³/mol. The van der Waals surface area contributed by atoms with Gasteiger partial charge in [-0.3, -0.25) is 9.38 Å². The molecular weight excluding hydrogens is 442 g/mol. The van der Waals surface area contributed by atoms with Gasteiger partial charge in [-0.1, -0.05) is 42.2 Å². The van der Waals surface area contributed by atoms with Gasteiger partial charge in [-0.05, 0) is 75.0 Å². The first kappa shape index (κ1) is 22.6. The number of hydrogen-bond acceptors (Lipinski definition) is 3. The van der Waals surface area contributed by atoms with E-state index in [2.05, 4.69) is 73.7 Å². The lowest BCUT2D eigenvalue weighted by Gasteiger charge is -2.31. The fourth-order valence-corrected chi connectivity index (χ4v) is 5.31. The average Bonchev–Trinajstić information content (AvgIpc) is 3.56. The molecule has 0 radical (unpaired) electrons. The third-order valence-electron chi connectivity index (χ3n) is 7.29. The number of aromatic nitrogens is 4. The van der Waals surface area contributed by atoms with Crippen molar-refractivity contribution < 1.29 is 0 Å². The zero-order valence-corrected chi connectivity index (χ0v) is 20.5. The molecular formula is C31H31N5. The second kappa shape index (κ2) is 10.4. The van der Waals surface area contributed by atoms with Gasteiger partial charge in [0.05, 0.1) is 17.4 Å². The van der Waals surface area contributed by atoms with Crippen molar-refractivity contribution in [2.24, 2.45) is 0 Å². The smallest absolute Gasteiger partial charge is 0.117 e. The summed E-state index contributed by atoms with van der Waals surface area (Å²) in [5, 5.41) is 1.22. The number of nitrogens with one attached hydrogen (secondary N) is 1. The molecule has 5 aromatic rings. The summed E-state index contributed by atoms with van der Waals surface area (Å²) in [7, 11) is 0. The third kappa shape index (κ3) is 4.78. The minimum Gasteiger partial charge on any atom is -0.361 e. The first-order valence-electron chi connectivity index (χ1n) is 13.0. The quantitative estimate of drug-likeness (QED) is 0.233. The van der Waals surface area contributed by atoms with Gasteiger partial charge in [-0.25, -0.2) is 4.98 Å². The molecule has 1 fully saturated rings. The van der Waals surface area contributed by atoms with E-state index in [0.717, 1.165) is 73.2 Å². The molecule has 0 saturated carbocycles. The molecule has 4 heterocycles. The number of rotatable bonds is 6. The first-order valence-corrected chi connectivity index (χ1v) is 13.0. The third-order valence-corrected chi connectivity index (χ3v) is 7.29. The Kier molecular flexibility index (Phi) is 6.52. The van der Waals surface area contributed by atoms with E-state index in [0.29, 0.717) is 5.92 Å². The zero-order valence-electron chi connectivity index (χ0n) is 20.5. The summed E-state index contributed by atoms with van der Waals surface area (Å²) >= 11 is 0. The van der Waals surface area contributed by atoms with Gasteiger partial charge < -0.3 is 9.88 Å². The fourth-order valence-electron chi connectivity index (χ4n) is 5.31. The van der Waals surface area contributed by atoms with Gasteiger partial charge in [0.25, 0.3) is 0 Å². The van der Waals surface area contributed by atoms with Crippen molar-refractivity contribution in [2.45, 2.75) is 38.0 Å². The summed E-state index contributed by atoms with van der Waals surface area (Å²) < 4.78 is 2.26. The number of fused-ring (bicyclic) bond motifs is 2. The molecule has 0 unspecified atom stereocenters. The highest BCUT2D eigenvalue weighted by Gasteiger charge is 2.25. The average molecular weight is 474 g/mol. The van der Waals surface area contributed by atoms with Crippen LogP contribution in [-0.2, 0) is 0 Å². The molecule has 0 aliphatic carbocycles. The molecule has 3 aromatic heterocycles. The van der Waals surface area contributed by atoms with Crippen molar-refractivity contribution in [2.75, 3.05) is 19.6 Å². The number of imidazole rings is 1. The number of aromatic amines is 1. The maximum atomic E-state index is 5.20. The van der Waals surface area contributed by atoms with Crippen molar-refractivity contribution in [3.63, 3.8) is 0 Å². The first-order chi connectivity index (χ1) is 17.8. The minimum atomic E-state index is 0.468. The molecule has 6 rings (SSSR count). The minimum absolute atomic E-state index is 0.468. The van der Waals surface area contributed by atoms with Gasteiger partial charge in [-0.2, -0.15) is 0 Å². The van der Waals surface area contributed by atoms with Crippen LogP contribution in [0.5, 0.6) is 0 Å². The molecule has 36 heavy (non-hydrogen) atoms. The predicted octanol–water partition coefficient (Wildman–Crippen LogP) is 6.28. The maximum absolute atomic E-state index is 5.20. The monoisotopic (exact) mass is 473 g/mol. The lowest BCUT2D eigenvalue weighted by Crippen LogP contribution is -2.34. The largest absolute Gasteiger partial charge is 0.361 e. The van der Waals surface area contributed by atoms with Gasteiger partial charge in [0.1, 0.15) is 5.82 Å². The van der Waals surface area contributed by atoms with E-state index in [-0.39, 0.29) is 0 Å². The number of H-pyrrole nitrogens is 1. The number of likely N-dealkylation sites (tertiary alicyclic amines) is 1. The highest BCUT2D eigenvalue weighted by Crippen LogP contribution is 2.33. The van der Waals surface area contributed by atoms with Gasteiger partial charge in [-0.15, -0.1) is 0 Å². The summed E-state index contributed by atoms with van der Waals surface area (Å²) in [4.78, 5) is 15.5. The Bertz CT molecular complexity index is 1510. The molecule has 1 N–H and O–H groups in total. The molecule has 1 saturated heterocycles. The molecule has 1 aliphatic heterocycles. The van der Waals surface area contributed by atoms with Gasteiger partial charge in [0.2, 0.25) is 0 Å². The number of nitrogens with zero attached hydrogens (tertiary/aromatic N) is 4. The van der Waals surface area contributed by atoms with E-state index >= 15 is 0 Å². The Hall–Kier alpha value is -3.88. The van der Waals surface area contributed by atoms with E-state index in [1.807, 2.05) is 36.8 Å². The van der Waals surface area contributed by atoms with Crippen molar-refractivity contribution in [3.05, 3.63) is 90.8 Å². The Morgan fingerprint density at radius 3 is 2.78 bits per heavy atom. The van der Waals surface area contributed by atoms with Crippen LogP contribution in [-0.4, -0.2) is 43.9 Å². The molecule has 0 atom stereocenters. The van der Waals surface area contributed by atoms with E-state index in [1.54, 1.807) is 0 Å². The van der Waals surface area contributed by atoms with Crippen LogP contribution in [0.2, 0.25) is 0 Å². The lowest BCUT2D eigenvalue weighted by atomic mass is 9.95. The van der Waals surface area contributed by atoms with Crippen molar-refractivity contribution in [1.82, 2.24) is 24.3 Å². The van der Waals surface area contributed by atoms with Crippen LogP contribution < -0.4 is 0 Å². The summed E-state index contributed by atoms with van der Waals surface area (Å²) in [6, 6.07) is 18.9. The van der Waals surface area contributed by atoms with Crippen LogP contribution in [0, 0.1) is 11.8 Å². The molecule has 180 valence electrons. The van der Waals surface area contributed by atoms with Crippen LogP contribution >= 0.6 is 0 Å². The Morgan fingerprint density at radius 1 is 1.00 bits per heavy atom. The van der Waals surface area contributed by atoms with Crippen molar-refractivity contribution in [1.29, 1.82) is 0 Å². The van der Waals surface area contributed by atoms with Gasteiger partial charge in [0, 0.05) is 47.6 Å². The van der Waals surface area contributed by atoms with Crippen molar-refractivity contribution in [3.8, 4) is 23.1 Å².